The normalized spacial score (nSPS) is 18.1. The fraction of sp³-hybridized carbons (Fsp3) is 0.467. The predicted molar refractivity (Wildman–Crippen MR) is 85.1 cm³/mol. The Morgan fingerprint density at radius 2 is 2.23 bits per heavy atom. The van der Waals surface area contributed by atoms with Gasteiger partial charge in [0.2, 0.25) is 0 Å². The highest BCUT2D eigenvalue weighted by Crippen LogP contribution is 2.17. The first-order valence-electron chi connectivity index (χ1n) is 7.36. The van der Waals surface area contributed by atoms with Gasteiger partial charge in [0.1, 0.15) is 0 Å². The first-order valence-corrected chi connectivity index (χ1v) is 8.31. The summed E-state index contributed by atoms with van der Waals surface area (Å²) >= 11 is 1.66. The van der Waals surface area contributed by atoms with Gasteiger partial charge in [-0.05, 0) is 35.2 Å². The van der Waals surface area contributed by atoms with E-state index in [0.717, 1.165) is 32.5 Å². The van der Waals surface area contributed by atoms with Crippen LogP contribution in [0.3, 0.4) is 0 Å². The molecule has 3 rings (SSSR count). The van der Waals surface area contributed by atoms with Crippen molar-refractivity contribution in [3.05, 3.63) is 55.0 Å². The number of thiophene rings is 1. The molecule has 3 heterocycles. The lowest BCUT2D eigenvalue weighted by molar-refractivity contribution is 0.0675. The second-order valence-electron chi connectivity index (χ2n) is 5.55. The fourth-order valence-electron chi connectivity index (χ4n) is 2.75. The molecule has 0 spiro atoms. The minimum absolute atomic E-state index is 0.229. The molecule has 1 saturated heterocycles. The van der Waals surface area contributed by atoms with E-state index in [1.807, 2.05) is 0 Å². The zero-order chi connectivity index (χ0) is 15.4. The summed E-state index contributed by atoms with van der Waals surface area (Å²) in [4.78, 5) is 29.9. The summed E-state index contributed by atoms with van der Waals surface area (Å²) < 4.78 is 5.71. The number of aromatic nitrogens is 2. The molecule has 0 amide bonds. The van der Waals surface area contributed by atoms with Crippen molar-refractivity contribution in [1.82, 2.24) is 14.9 Å². The first kappa shape index (κ1) is 15.2. The van der Waals surface area contributed by atoms with Gasteiger partial charge in [0, 0.05) is 38.0 Å². The molecule has 1 fully saturated rings. The largest absolute Gasteiger partial charge is 0.377 e. The summed E-state index contributed by atoms with van der Waals surface area (Å²) in [5, 5.41) is 4.16. The zero-order valence-corrected chi connectivity index (χ0v) is 13.0. The predicted octanol–water partition coefficient (Wildman–Crippen LogP) is 1.31. The van der Waals surface area contributed by atoms with Gasteiger partial charge in [-0.15, -0.1) is 0 Å². The van der Waals surface area contributed by atoms with E-state index in [4.69, 9.17) is 4.74 Å². The molecule has 1 aliphatic heterocycles. The molecule has 0 unspecified atom stereocenters. The Morgan fingerprint density at radius 1 is 1.32 bits per heavy atom. The fourth-order valence-corrected chi connectivity index (χ4v) is 3.41. The lowest BCUT2D eigenvalue weighted by Crippen LogP contribution is -2.33. The summed E-state index contributed by atoms with van der Waals surface area (Å²) in [5.41, 5.74) is 1.03. The maximum atomic E-state index is 11.4. The Morgan fingerprint density at radius 3 is 2.91 bits per heavy atom. The molecule has 0 aromatic carbocycles. The quantitative estimate of drug-likeness (QED) is 0.841. The van der Waals surface area contributed by atoms with Crippen LogP contribution in [-0.4, -0.2) is 34.1 Å². The van der Waals surface area contributed by atoms with Gasteiger partial charge in [-0.25, -0.2) is 4.79 Å². The number of ether oxygens (including phenoxy) is 1. The summed E-state index contributed by atoms with van der Waals surface area (Å²) in [7, 11) is 0. The van der Waals surface area contributed by atoms with Gasteiger partial charge in [0.25, 0.3) is 5.56 Å². The lowest BCUT2D eigenvalue weighted by Gasteiger charge is -2.24. The smallest absolute Gasteiger partial charge is 0.325 e. The van der Waals surface area contributed by atoms with E-state index in [1.165, 1.54) is 11.6 Å². The van der Waals surface area contributed by atoms with E-state index < -0.39 is 5.69 Å². The second-order valence-corrected chi connectivity index (χ2v) is 6.33. The Hall–Kier alpha value is -1.70. The maximum absolute atomic E-state index is 11.4. The van der Waals surface area contributed by atoms with Crippen LogP contribution in [0.4, 0.5) is 0 Å². The average molecular weight is 321 g/mol. The van der Waals surface area contributed by atoms with E-state index in [2.05, 4.69) is 31.7 Å². The number of aromatic amines is 2. The number of nitrogens with zero attached hydrogens (tertiary/aromatic N) is 1. The van der Waals surface area contributed by atoms with Crippen molar-refractivity contribution in [2.75, 3.05) is 13.2 Å². The van der Waals surface area contributed by atoms with Gasteiger partial charge < -0.3 is 9.72 Å². The monoisotopic (exact) mass is 321 g/mol. The molecular formula is C15H19N3O3S. The van der Waals surface area contributed by atoms with E-state index in [0.29, 0.717) is 12.2 Å². The highest BCUT2D eigenvalue weighted by atomic mass is 32.1. The molecule has 2 aromatic heterocycles. The van der Waals surface area contributed by atoms with Gasteiger partial charge in [0.05, 0.1) is 6.10 Å². The maximum Gasteiger partial charge on any atom is 0.325 e. The number of H-pyrrole nitrogens is 2. The Balaban J connectivity index is 1.74. The van der Waals surface area contributed by atoms with Crippen LogP contribution >= 0.6 is 11.3 Å². The molecule has 2 aromatic rings. The van der Waals surface area contributed by atoms with Crippen LogP contribution in [0.5, 0.6) is 0 Å². The standard InChI is InChI=1S/C15H19N3O3S/c19-14-6-12(16-15(20)17-14)8-18(7-11-3-5-22-10-11)9-13-2-1-4-21-13/h3,5-6,10,13H,1-2,4,7-9H2,(H2,16,17,19,20)/t13-/m1/s1. The summed E-state index contributed by atoms with van der Waals surface area (Å²) in [5.74, 6) is 0. The van der Waals surface area contributed by atoms with E-state index in [1.54, 1.807) is 11.3 Å². The van der Waals surface area contributed by atoms with Crippen LogP contribution in [0.25, 0.3) is 0 Å². The molecular weight excluding hydrogens is 302 g/mol. The van der Waals surface area contributed by atoms with Gasteiger partial charge in [0.15, 0.2) is 0 Å². The van der Waals surface area contributed by atoms with Gasteiger partial charge >= 0.3 is 5.69 Å². The number of nitrogens with one attached hydrogen (secondary N) is 2. The molecule has 2 N–H and O–H groups in total. The molecule has 0 saturated carbocycles. The van der Waals surface area contributed by atoms with Crippen LogP contribution in [0.15, 0.2) is 32.5 Å². The van der Waals surface area contributed by atoms with Gasteiger partial charge in [-0.1, -0.05) is 0 Å². The third-order valence-electron chi connectivity index (χ3n) is 3.68. The van der Waals surface area contributed by atoms with Gasteiger partial charge in [-0.2, -0.15) is 11.3 Å². The van der Waals surface area contributed by atoms with Crippen LogP contribution in [0, 0.1) is 0 Å². The van der Waals surface area contributed by atoms with E-state index >= 15 is 0 Å². The van der Waals surface area contributed by atoms with E-state index in [-0.39, 0.29) is 11.7 Å². The third-order valence-corrected chi connectivity index (χ3v) is 4.41. The molecule has 118 valence electrons. The molecule has 1 atom stereocenters. The Labute approximate surface area is 131 Å². The number of hydrogen-bond donors (Lipinski definition) is 2. The molecule has 0 radical (unpaired) electrons. The molecule has 0 aliphatic carbocycles. The summed E-state index contributed by atoms with van der Waals surface area (Å²) in [6, 6.07) is 3.53. The van der Waals surface area contributed by atoms with Crippen molar-refractivity contribution in [3.8, 4) is 0 Å². The Kier molecular flexibility index (Phi) is 4.87. The second kappa shape index (κ2) is 7.04. The van der Waals surface area contributed by atoms with Crippen LogP contribution < -0.4 is 11.2 Å². The molecule has 0 bridgehead atoms. The highest BCUT2D eigenvalue weighted by Gasteiger charge is 2.20. The van der Waals surface area contributed by atoms with Gasteiger partial charge in [-0.3, -0.25) is 14.7 Å². The van der Waals surface area contributed by atoms with Crippen LogP contribution in [0.2, 0.25) is 0 Å². The van der Waals surface area contributed by atoms with Crippen LogP contribution in [0.1, 0.15) is 24.1 Å². The third kappa shape index (κ3) is 4.16. The molecule has 7 heteroatoms. The number of rotatable bonds is 6. The van der Waals surface area contributed by atoms with E-state index in [9.17, 15) is 9.59 Å². The lowest BCUT2D eigenvalue weighted by atomic mass is 10.2. The van der Waals surface area contributed by atoms with Crippen molar-refractivity contribution in [1.29, 1.82) is 0 Å². The highest BCUT2D eigenvalue weighted by molar-refractivity contribution is 7.07. The Bertz CT molecular complexity index is 673. The molecule has 1 aliphatic rings. The minimum Gasteiger partial charge on any atom is -0.377 e. The van der Waals surface area contributed by atoms with Crippen molar-refractivity contribution in [3.63, 3.8) is 0 Å². The van der Waals surface area contributed by atoms with Crippen molar-refractivity contribution in [2.45, 2.75) is 32.0 Å². The topological polar surface area (TPSA) is 78.2 Å². The summed E-state index contributed by atoms with van der Waals surface area (Å²) in [6.07, 6.45) is 2.39. The molecule has 22 heavy (non-hydrogen) atoms. The van der Waals surface area contributed by atoms with Crippen molar-refractivity contribution in [2.24, 2.45) is 0 Å². The molecule has 6 nitrogen and oxygen atoms in total. The van der Waals surface area contributed by atoms with Crippen molar-refractivity contribution < 1.29 is 4.74 Å². The van der Waals surface area contributed by atoms with Crippen LogP contribution in [-0.2, 0) is 17.8 Å². The average Bonchev–Trinajstić information content (AvgIpc) is 3.11. The first-order chi connectivity index (χ1) is 10.7. The zero-order valence-electron chi connectivity index (χ0n) is 12.2. The SMILES string of the molecule is O=c1cc(CN(Cc2ccsc2)C[C@H]2CCCO2)[nH]c(=O)[nH]1. The van der Waals surface area contributed by atoms with Crippen molar-refractivity contribution >= 4 is 11.3 Å². The number of hydrogen-bond acceptors (Lipinski definition) is 5. The minimum atomic E-state index is -0.463. The summed E-state index contributed by atoms with van der Waals surface area (Å²) in [6.45, 7) is 2.91.